The molecule has 5 aromatic rings. The van der Waals surface area contributed by atoms with Gasteiger partial charge in [-0.2, -0.15) is 5.10 Å². The second kappa shape index (κ2) is 7.18. The Morgan fingerprint density at radius 1 is 1.33 bits per heavy atom. The number of halogens is 1. The number of rotatable bonds is 4. The number of nitrogens with one attached hydrogen (secondary N) is 2. The molecule has 9 nitrogen and oxygen atoms in total. The maximum absolute atomic E-state index is 12.7. The van der Waals surface area contributed by atoms with Gasteiger partial charge in [-0.1, -0.05) is 6.07 Å². The fourth-order valence-corrected chi connectivity index (χ4v) is 4.47. The van der Waals surface area contributed by atoms with Crippen molar-refractivity contribution in [3.8, 4) is 10.7 Å². The Hall–Kier alpha value is -3.31. The first-order valence-electron chi connectivity index (χ1n) is 8.91. The zero-order valence-corrected chi connectivity index (χ0v) is 18.0. The number of carbonyl (C=O) groups is 1. The van der Waals surface area contributed by atoms with Gasteiger partial charge in [-0.05, 0) is 45.6 Å². The molecular formula is C19H14BrN7O2S. The van der Waals surface area contributed by atoms with E-state index >= 15 is 0 Å². The van der Waals surface area contributed by atoms with Gasteiger partial charge in [0, 0.05) is 12.7 Å². The van der Waals surface area contributed by atoms with Gasteiger partial charge in [-0.15, -0.1) is 11.3 Å². The number of benzene rings is 1. The van der Waals surface area contributed by atoms with Crippen molar-refractivity contribution in [2.24, 2.45) is 7.05 Å². The van der Waals surface area contributed by atoms with Crippen LogP contribution in [0.5, 0.6) is 0 Å². The Kier molecular flexibility index (Phi) is 4.48. The molecule has 2 N–H and O–H groups in total. The summed E-state index contributed by atoms with van der Waals surface area (Å²) in [6.07, 6.45) is 1.35. The molecule has 30 heavy (non-hydrogen) atoms. The standard InChI is InChI=1S/C19H14BrN7O2S/c1-26-18-15(16(20)25-26)19(29)27(9-21-18)8-14(28)22-10-4-5-11-12(7-10)24-17(23-11)13-3-2-6-30-13/h2-7,9H,8H2,1H3,(H,22,28)(H,23,24). The van der Waals surface area contributed by atoms with Crippen molar-refractivity contribution in [2.45, 2.75) is 6.54 Å². The van der Waals surface area contributed by atoms with Crippen molar-refractivity contribution in [3.05, 3.63) is 57.0 Å². The van der Waals surface area contributed by atoms with Gasteiger partial charge >= 0.3 is 0 Å². The largest absolute Gasteiger partial charge is 0.337 e. The maximum atomic E-state index is 12.7. The number of carbonyl (C=O) groups excluding carboxylic acids is 1. The summed E-state index contributed by atoms with van der Waals surface area (Å²) in [5.41, 5.74) is 2.35. The highest BCUT2D eigenvalue weighted by molar-refractivity contribution is 9.10. The summed E-state index contributed by atoms with van der Waals surface area (Å²) in [6.45, 7) is -0.162. The molecule has 0 atom stereocenters. The lowest BCUT2D eigenvalue weighted by Gasteiger charge is -2.07. The van der Waals surface area contributed by atoms with E-state index in [1.54, 1.807) is 24.5 Å². The Morgan fingerprint density at radius 3 is 3.00 bits per heavy atom. The number of hydrogen-bond acceptors (Lipinski definition) is 6. The summed E-state index contributed by atoms with van der Waals surface area (Å²) in [5, 5.41) is 9.29. The highest BCUT2D eigenvalue weighted by Crippen LogP contribution is 2.26. The van der Waals surface area contributed by atoms with Crippen molar-refractivity contribution in [3.63, 3.8) is 0 Å². The Morgan fingerprint density at radius 2 is 2.20 bits per heavy atom. The smallest absolute Gasteiger partial charge is 0.266 e. The second-order valence-electron chi connectivity index (χ2n) is 6.63. The third-order valence-corrected chi connectivity index (χ3v) is 6.03. The van der Waals surface area contributed by atoms with E-state index in [-0.39, 0.29) is 18.0 Å². The molecule has 0 bridgehead atoms. The molecule has 150 valence electrons. The predicted octanol–water partition coefficient (Wildman–Crippen LogP) is 3.14. The van der Waals surface area contributed by atoms with Crippen LogP contribution in [0.4, 0.5) is 5.69 Å². The number of anilines is 1. The molecule has 0 saturated heterocycles. The van der Waals surface area contributed by atoms with Gasteiger partial charge in [-0.25, -0.2) is 14.6 Å². The van der Waals surface area contributed by atoms with Gasteiger partial charge in [0.05, 0.1) is 15.9 Å². The number of aryl methyl sites for hydroxylation is 1. The third kappa shape index (κ3) is 3.21. The van der Waals surface area contributed by atoms with E-state index in [0.717, 1.165) is 21.7 Å². The minimum absolute atomic E-state index is 0.162. The minimum atomic E-state index is -0.337. The quantitative estimate of drug-likeness (QED) is 0.407. The highest BCUT2D eigenvalue weighted by Gasteiger charge is 2.15. The van der Waals surface area contributed by atoms with Crippen LogP contribution >= 0.6 is 27.3 Å². The average Bonchev–Trinajstić information content (AvgIpc) is 3.43. The Bertz CT molecular complexity index is 1470. The fourth-order valence-electron chi connectivity index (χ4n) is 3.22. The Labute approximate surface area is 181 Å². The van der Waals surface area contributed by atoms with Crippen LogP contribution in [0.15, 0.2) is 51.4 Å². The first kappa shape index (κ1) is 18.7. The molecule has 4 heterocycles. The number of aromatic nitrogens is 6. The van der Waals surface area contributed by atoms with Crippen molar-refractivity contribution in [1.82, 2.24) is 29.3 Å². The maximum Gasteiger partial charge on any atom is 0.266 e. The summed E-state index contributed by atoms with van der Waals surface area (Å²) >= 11 is 4.87. The number of imidazole rings is 1. The number of nitrogens with zero attached hydrogens (tertiary/aromatic N) is 5. The van der Waals surface area contributed by atoms with Crippen molar-refractivity contribution < 1.29 is 4.79 Å². The first-order valence-corrected chi connectivity index (χ1v) is 10.6. The van der Waals surface area contributed by atoms with E-state index in [1.165, 1.54) is 15.6 Å². The van der Waals surface area contributed by atoms with Crippen LogP contribution in [0.2, 0.25) is 0 Å². The number of H-pyrrole nitrogens is 1. The van der Waals surface area contributed by atoms with Crippen LogP contribution in [0.3, 0.4) is 0 Å². The van der Waals surface area contributed by atoms with Crippen LogP contribution in [0.1, 0.15) is 0 Å². The van der Waals surface area contributed by atoms with Crippen LogP contribution in [-0.4, -0.2) is 35.2 Å². The predicted molar refractivity (Wildman–Crippen MR) is 119 cm³/mol. The normalized spacial score (nSPS) is 11.4. The number of hydrogen-bond donors (Lipinski definition) is 2. The number of amides is 1. The average molecular weight is 484 g/mol. The Balaban J connectivity index is 1.38. The van der Waals surface area contributed by atoms with E-state index in [1.807, 2.05) is 29.6 Å². The van der Waals surface area contributed by atoms with E-state index in [9.17, 15) is 9.59 Å². The fraction of sp³-hybridized carbons (Fsp3) is 0.105. The van der Waals surface area contributed by atoms with Gasteiger partial charge in [0.1, 0.15) is 28.7 Å². The number of fused-ring (bicyclic) bond motifs is 2. The lowest BCUT2D eigenvalue weighted by Crippen LogP contribution is -2.28. The molecule has 0 aliphatic carbocycles. The summed E-state index contributed by atoms with van der Waals surface area (Å²) in [4.78, 5) is 38.3. The molecule has 0 spiro atoms. The SMILES string of the molecule is Cn1nc(Br)c2c(=O)n(CC(=O)Nc3ccc4nc(-c5cccs5)[nH]c4c3)cnc21. The second-order valence-corrected chi connectivity index (χ2v) is 8.33. The topological polar surface area (TPSA) is 110 Å². The summed E-state index contributed by atoms with van der Waals surface area (Å²) in [7, 11) is 1.70. The van der Waals surface area contributed by atoms with Crippen molar-refractivity contribution in [2.75, 3.05) is 5.32 Å². The van der Waals surface area contributed by atoms with Gasteiger partial charge in [0.15, 0.2) is 5.65 Å². The lowest BCUT2D eigenvalue weighted by molar-refractivity contribution is -0.116. The van der Waals surface area contributed by atoms with Crippen molar-refractivity contribution >= 4 is 60.9 Å². The van der Waals surface area contributed by atoms with Crippen LogP contribution < -0.4 is 10.9 Å². The number of aromatic amines is 1. The molecule has 0 aliphatic heterocycles. The molecule has 0 fully saturated rings. The van der Waals surface area contributed by atoms with Crippen LogP contribution in [0, 0.1) is 0 Å². The zero-order valence-electron chi connectivity index (χ0n) is 15.6. The molecule has 5 rings (SSSR count). The van der Waals surface area contributed by atoms with Gasteiger partial charge in [0.25, 0.3) is 5.56 Å². The van der Waals surface area contributed by atoms with Gasteiger partial charge in [0.2, 0.25) is 5.91 Å². The lowest BCUT2D eigenvalue weighted by atomic mass is 10.2. The van der Waals surface area contributed by atoms with E-state index in [4.69, 9.17) is 0 Å². The van der Waals surface area contributed by atoms with Crippen molar-refractivity contribution in [1.29, 1.82) is 0 Å². The molecule has 11 heteroatoms. The molecule has 0 radical (unpaired) electrons. The van der Waals surface area contributed by atoms with E-state index in [0.29, 0.717) is 21.3 Å². The van der Waals surface area contributed by atoms with Gasteiger partial charge in [-0.3, -0.25) is 14.2 Å². The number of thiophene rings is 1. The van der Waals surface area contributed by atoms with Crippen LogP contribution in [0.25, 0.3) is 32.8 Å². The van der Waals surface area contributed by atoms with E-state index < -0.39 is 0 Å². The summed E-state index contributed by atoms with van der Waals surface area (Å²) in [5.74, 6) is 0.451. The molecule has 0 unspecified atom stereocenters. The molecular weight excluding hydrogens is 470 g/mol. The highest BCUT2D eigenvalue weighted by atomic mass is 79.9. The molecule has 1 aromatic carbocycles. The van der Waals surface area contributed by atoms with E-state index in [2.05, 4.69) is 41.3 Å². The zero-order chi connectivity index (χ0) is 20.8. The van der Waals surface area contributed by atoms with Gasteiger partial charge < -0.3 is 10.3 Å². The molecule has 1 amide bonds. The molecule has 0 aliphatic rings. The van der Waals surface area contributed by atoms with Crippen LogP contribution in [-0.2, 0) is 18.4 Å². The first-order chi connectivity index (χ1) is 14.5. The third-order valence-electron chi connectivity index (χ3n) is 4.60. The summed E-state index contributed by atoms with van der Waals surface area (Å²) in [6, 6.07) is 9.40. The molecule has 4 aromatic heterocycles. The molecule has 0 saturated carbocycles. The minimum Gasteiger partial charge on any atom is -0.337 e. The monoisotopic (exact) mass is 483 g/mol. The summed E-state index contributed by atoms with van der Waals surface area (Å²) < 4.78 is 3.17.